The number of esters is 2. The van der Waals surface area contributed by atoms with Crippen molar-refractivity contribution in [2.75, 3.05) is 13.2 Å². The molecule has 1 atom stereocenters. The Morgan fingerprint density at radius 3 is 2.17 bits per heavy atom. The van der Waals surface area contributed by atoms with E-state index in [-0.39, 0.29) is 41.5 Å². The molecule has 1 heterocycles. The maximum atomic E-state index is 12.9. The Morgan fingerprint density at radius 2 is 1.66 bits per heavy atom. The molecule has 29 heavy (non-hydrogen) atoms. The molecule has 0 amide bonds. The van der Waals surface area contributed by atoms with Gasteiger partial charge in [0.2, 0.25) is 0 Å². The molecule has 0 saturated carbocycles. The predicted octanol–water partition coefficient (Wildman–Crippen LogP) is 3.59. The molecule has 1 N–H and O–H groups in total. The molecule has 1 aromatic rings. The summed E-state index contributed by atoms with van der Waals surface area (Å²) < 4.78 is 10.6. The van der Waals surface area contributed by atoms with Crippen LogP contribution in [0.2, 0.25) is 0 Å². The number of para-hydroxylation sites is 1. The molecule has 0 bridgehead atoms. The molecule has 8 nitrogen and oxygen atoms in total. The quantitative estimate of drug-likeness (QED) is 0.422. The van der Waals surface area contributed by atoms with Crippen molar-refractivity contribution < 1.29 is 24.0 Å². The Hall–Kier alpha value is -3.16. The number of nitrogens with zero attached hydrogens (tertiary/aromatic N) is 1. The Kier molecular flexibility index (Phi) is 7.14. The fraction of sp³-hybridized carbons (Fsp3) is 0.429. The molecule has 8 heteroatoms. The van der Waals surface area contributed by atoms with Crippen molar-refractivity contribution in [1.29, 1.82) is 0 Å². The van der Waals surface area contributed by atoms with E-state index in [9.17, 15) is 19.7 Å². The number of benzene rings is 1. The third kappa shape index (κ3) is 4.82. The van der Waals surface area contributed by atoms with E-state index in [0.29, 0.717) is 11.4 Å². The van der Waals surface area contributed by atoms with Crippen LogP contribution in [0.25, 0.3) is 0 Å². The Balaban J connectivity index is 2.68. The van der Waals surface area contributed by atoms with Crippen molar-refractivity contribution >= 4 is 17.6 Å². The molecule has 0 radical (unpaired) electrons. The number of dihydropyridines is 1. The van der Waals surface area contributed by atoms with Crippen LogP contribution in [-0.4, -0.2) is 30.1 Å². The van der Waals surface area contributed by atoms with Crippen molar-refractivity contribution in [2.24, 2.45) is 5.92 Å². The molecule has 0 aromatic heterocycles. The van der Waals surface area contributed by atoms with Gasteiger partial charge in [0.1, 0.15) is 0 Å². The van der Waals surface area contributed by atoms with Gasteiger partial charge in [-0.25, -0.2) is 9.59 Å². The summed E-state index contributed by atoms with van der Waals surface area (Å²) in [5.41, 5.74) is 1.32. The molecule has 1 aliphatic heterocycles. The lowest BCUT2D eigenvalue weighted by molar-refractivity contribution is -0.385. The first-order valence-electron chi connectivity index (χ1n) is 9.45. The van der Waals surface area contributed by atoms with Crippen molar-refractivity contribution in [3.8, 4) is 0 Å². The summed E-state index contributed by atoms with van der Waals surface area (Å²) in [5, 5.41) is 14.7. The van der Waals surface area contributed by atoms with Gasteiger partial charge in [-0.05, 0) is 26.7 Å². The molecule has 156 valence electrons. The maximum Gasteiger partial charge on any atom is 0.336 e. The lowest BCUT2D eigenvalue weighted by atomic mass is 9.79. The zero-order chi connectivity index (χ0) is 21.7. The van der Waals surface area contributed by atoms with Gasteiger partial charge in [0.05, 0.1) is 35.2 Å². The molecule has 0 spiro atoms. The highest BCUT2D eigenvalue weighted by molar-refractivity contribution is 6.00. The van der Waals surface area contributed by atoms with Gasteiger partial charge in [-0.15, -0.1) is 0 Å². The molecule has 0 fully saturated rings. The monoisotopic (exact) mass is 402 g/mol. The maximum absolute atomic E-state index is 12.9. The van der Waals surface area contributed by atoms with Crippen LogP contribution in [0.1, 0.15) is 46.1 Å². The van der Waals surface area contributed by atoms with Crippen molar-refractivity contribution in [3.05, 3.63) is 62.5 Å². The summed E-state index contributed by atoms with van der Waals surface area (Å²) in [6.45, 7) is 9.16. The fourth-order valence-electron chi connectivity index (χ4n) is 3.27. The standard InChI is InChI=1S/C21H26N2O6/c1-6-28-20(24)17-13(4)22-14(5)18(21(25)29-11-12(2)3)19(17)15-9-7-8-10-16(15)23(26)27/h7-10,12,19,22H,6,11H2,1-5H3. The van der Waals surface area contributed by atoms with Crippen LogP contribution in [0.3, 0.4) is 0 Å². The van der Waals surface area contributed by atoms with Crippen molar-refractivity contribution in [2.45, 2.75) is 40.5 Å². The minimum Gasteiger partial charge on any atom is -0.463 e. The summed E-state index contributed by atoms with van der Waals surface area (Å²) >= 11 is 0. The third-order valence-electron chi connectivity index (χ3n) is 4.47. The first-order chi connectivity index (χ1) is 13.7. The topological polar surface area (TPSA) is 108 Å². The number of nitro groups is 1. The van der Waals surface area contributed by atoms with E-state index in [1.54, 1.807) is 32.9 Å². The number of ether oxygens (including phenoxy) is 2. The van der Waals surface area contributed by atoms with Crippen LogP contribution in [0.15, 0.2) is 46.8 Å². The minimum absolute atomic E-state index is 0.114. The number of nitrogens with one attached hydrogen (secondary N) is 1. The van der Waals surface area contributed by atoms with Gasteiger partial charge in [0.25, 0.3) is 5.69 Å². The van der Waals surface area contributed by atoms with E-state index in [1.165, 1.54) is 12.1 Å². The second kappa shape index (κ2) is 9.36. The molecule has 1 unspecified atom stereocenters. The van der Waals surface area contributed by atoms with E-state index < -0.39 is 22.8 Å². The number of hydrogen-bond acceptors (Lipinski definition) is 7. The molecule has 1 aliphatic rings. The predicted molar refractivity (Wildman–Crippen MR) is 107 cm³/mol. The molecule has 2 rings (SSSR count). The second-order valence-corrected chi connectivity index (χ2v) is 7.16. The van der Waals surface area contributed by atoms with Gasteiger partial charge in [-0.2, -0.15) is 0 Å². The molecular weight excluding hydrogens is 376 g/mol. The van der Waals surface area contributed by atoms with E-state index in [1.807, 2.05) is 13.8 Å². The van der Waals surface area contributed by atoms with E-state index in [4.69, 9.17) is 9.47 Å². The number of allylic oxidation sites excluding steroid dienone is 2. The van der Waals surface area contributed by atoms with Crippen LogP contribution in [-0.2, 0) is 19.1 Å². The van der Waals surface area contributed by atoms with Gasteiger partial charge in [-0.1, -0.05) is 32.0 Å². The lowest BCUT2D eigenvalue weighted by Crippen LogP contribution is -2.33. The summed E-state index contributed by atoms with van der Waals surface area (Å²) in [5.74, 6) is -2.12. The molecule has 0 aliphatic carbocycles. The van der Waals surface area contributed by atoms with E-state index in [2.05, 4.69) is 5.32 Å². The average molecular weight is 402 g/mol. The fourth-order valence-corrected chi connectivity index (χ4v) is 3.27. The van der Waals surface area contributed by atoms with Crippen LogP contribution in [0.4, 0.5) is 5.69 Å². The molecule has 1 aromatic carbocycles. The highest BCUT2D eigenvalue weighted by atomic mass is 16.6. The Morgan fingerprint density at radius 1 is 1.10 bits per heavy atom. The SMILES string of the molecule is CCOC(=O)C1=C(C)NC(C)=C(C(=O)OCC(C)C)C1c1ccccc1[N+](=O)[O-]. The first kappa shape index (κ1) is 22.1. The van der Waals surface area contributed by atoms with E-state index in [0.717, 1.165) is 0 Å². The zero-order valence-electron chi connectivity index (χ0n) is 17.3. The summed E-state index contributed by atoms with van der Waals surface area (Å²) in [7, 11) is 0. The van der Waals surface area contributed by atoms with Gasteiger partial charge in [0.15, 0.2) is 0 Å². The van der Waals surface area contributed by atoms with Crippen LogP contribution in [0.5, 0.6) is 0 Å². The number of hydrogen-bond donors (Lipinski definition) is 1. The Labute approximate surface area is 169 Å². The largest absolute Gasteiger partial charge is 0.463 e. The second-order valence-electron chi connectivity index (χ2n) is 7.16. The number of carbonyl (C=O) groups excluding carboxylic acids is 2. The van der Waals surface area contributed by atoms with E-state index >= 15 is 0 Å². The van der Waals surface area contributed by atoms with Crippen molar-refractivity contribution in [1.82, 2.24) is 5.32 Å². The molecular formula is C21H26N2O6. The number of carbonyl (C=O) groups is 2. The zero-order valence-corrected chi connectivity index (χ0v) is 17.3. The van der Waals surface area contributed by atoms with Crippen molar-refractivity contribution in [3.63, 3.8) is 0 Å². The highest BCUT2D eigenvalue weighted by Crippen LogP contribution is 2.42. The number of rotatable bonds is 7. The third-order valence-corrected chi connectivity index (χ3v) is 4.47. The molecule has 0 saturated heterocycles. The lowest BCUT2D eigenvalue weighted by Gasteiger charge is -2.30. The first-order valence-corrected chi connectivity index (χ1v) is 9.45. The smallest absolute Gasteiger partial charge is 0.336 e. The highest BCUT2D eigenvalue weighted by Gasteiger charge is 2.40. The van der Waals surface area contributed by atoms with Crippen LogP contribution < -0.4 is 5.32 Å². The van der Waals surface area contributed by atoms with Gasteiger partial charge in [-0.3, -0.25) is 10.1 Å². The average Bonchev–Trinajstić information content (AvgIpc) is 2.65. The van der Waals surface area contributed by atoms with Gasteiger partial charge in [0, 0.05) is 23.0 Å². The summed E-state index contributed by atoms with van der Waals surface area (Å²) in [6.07, 6.45) is 0. The summed E-state index contributed by atoms with van der Waals surface area (Å²) in [6, 6.07) is 6.07. The Bertz CT molecular complexity index is 885. The van der Waals surface area contributed by atoms with Gasteiger partial charge < -0.3 is 14.8 Å². The van der Waals surface area contributed by atoms with Crippen LogP contribution in [0, 0.1) is 16.0 Å². The van der Waals surface area contributed by atoms with Crippen LogP contribution >= 0.6 is 0 Å². The normalized spacial score (nSPS) is 16.6. The van der Waals surface area contributed by atoms with Gasteiger partial charge >= 0.3 is 11.9 Å². The summed E-state index contributed by atoms with van der Waals surface area (Å²) in [4.78, 5) is 36.8. The minimum atomic E-state index is -0.975. The number of nitro benzene ring substituents is 1.